The Bertz CT molecular complexity index is 215. The van der Waals surface area contributed by atoms with Crippen LogP contribution >= 0.6 is 0 Å². The SMILES string of the molecule is CC(=N)OC(=N)C1CC1(F)F. The summed E-state index contributed by atoms with van der Waals surface area (Å²) in [7, 11) is 0. The number of ether oxygens (including phenoxy) is 1. The Labute approximate surface area is 62.4 Å². The lowest BCUT2D eigenvalue weighted by Crippen LogP contribution is -2.13. The first-order valence-electron chi connectivity index (χ1n) is 3.13. The molecule has 1 atom stereocenters. The van der Waals surface area contributed by atoms with E-state index in [0.717, 1.165) is 0 Å². The van der Waals surface area contributed by atoms with Crippen molar-refractivity contribution in [3.8, 4) is 0 Å². The predicted octanol–water partition coefficient (Wildman–Crippen LogP) is 1.63. The summed E-state index contributed by atoms with van der Waals surface area (Å²) in [5.41, 5.74) is 0. The van der Waals surface area contributed by atoms with Gasteiger partial charge in [0, 0.05) is 13.3 Å². The molecule has 0 radical (unpaired) electrons. The highest BCUT2D eigenvalue weighted by Crippen LogP contribution is 2.49. The fourth-order valence-corrected chi connectivity index (χ4v) is 0.734. The van der Waals surface area contributed by atoms with Gasteiger partial charge in [-0.05, 0) is 0 Å². The van der Waals surface area contributed by atoms with E-state index >= 15 is 0 Å². The van der Waals surface area contributed by atoms with Gasteiger partial charge in [0.2, 0.25) is 0 Å². The lowest BCUT2D eigenvalue weighted by Gasteiger charge is -2.02. The van der Waals surface area contributed by atoms with Gasteiger partial charge in [0.25, 0.3) is 5.92 Å². The Morgan fingerprint density at radius 1 is 1.55 bits per heavy atom. The highest BCUT2D eigenvalue weighted by atomic mass is 19.3. The van der Waals surface area contributed by atoms with Crippen LogP contribution in [0.4, 0.5) is 8.78 Å². The van der Waals surface area contributed by atoms with Crippen molar-refractivity contribution in [3.05, 3.63) is 0 Å². The molecule has 1 aliphatic carbocycles. The summed E-state index contributed by atoms with van der Waals surface area (Å²) in [4.78, 5) is 0. The van der Waals surface area contributed by atoms with Crippen molar-refractivity contribution in [2.24, 2.45) is 5.92 Å². The Kier molecular flexibility index (Phi) is 1.66. The van der Waals surface area contributed by atoms with Crippen LogP contribution in [-0.4, -0.2) is 17.7 Å². The third kappa shape index (κ3) is 1.72. The van der Waals surface area contributed by atoms with E-state index in [4.69, 9.17) is 10.8 Å². The molecule has 0 aromatic rings. The van der Waals surface area contributed by atoms with Crippen molar-refractivity contribution in [1.82, 2.24) is 0 Å². The van der Waals surface area contributed by atoms with Gasteiger partial charge in [-0.1, -0.05) is 0 Å². The first-order chi connectivity index (χ1) is 4.93. The number of alkyl halides is 2. The minimum Gasteiger partial charge on any atom is -0.430 e. The Balaban J connectivity index is 2.40. The molecular formula is C6H8F2N2O. The molecule has 0 heterocycles. The number of halogens is 2. The summed E-state index contributed by atoms with van der Waals surface area (Å²) in [6.07, 6.45) is -0.320. The lowest BCUT2D eigenvalue weighted by atomic mass is 10.4. The molecule has 1 unspecified atom stereocenters. The van der Waals surface area contributed by atoms with Crippen LogP contribution in [0.5, 0.6) is 0 Å². The second-order valence-electron chi connectivity index (χ2n) is 2.54. The van der Waals surface area contributed by atoms with Crippen LogP contribution in [0.2, 0.25) is 0 Å². The molecule has 1 fully saturated rings. The largest absolute Gasteiger partial charge is 0.430 e. The molecule has 0 aliphatic heterocycles. The topological polar surface area (TPSA) is 56.9 Å². The highest BCUT2D eigenvalue weighted by Gasteiger charge is 2.60. The van der Waals surface area contributed by atoms with Gasteiger partial charge in [0.1, 0.15) is 5.92 Å². The summed E-state index contributed by atoms with van der Waals surface area (Å²) < 4.78 is 28.8. The minimum absolute atomic E-state index is 0.224. The molecule has 0 spiro atoms. The van der Waals surface area contributed by atoms with Gasteiger partial charge in [-0.3, -0.25) is 10.8 Å². The fourth-order valence-electron chi connectivity index (χ4n) is 0.734. The molecule has 3 nitrogen and oxygen atoms in total. The molecule has 0 aromatic carbocycles. The van der Waals surface area contributed by atoms with Crippen molar-refractivity contribution in [2.45, 2.75) is 19.3 Å². The van der Waals surface area contributed by atoms with E-state index in [0.29, 0.717) is 0 Å². The van der Waals surface area contributed by atoms with Crippen molar-refractivity contribution >= 4 is 11.8 Å². The molecule has 62 valence electrons. The maximum absolute atomic E-state index is 12.2. The maximum Gasteiger partial charge on any atom is 0.260 e. The molecule has 0 bridgehead atoms. The summed E-state index contributed by atoms with van der Waals surface area (Å²) >= 11 is 0. The Hall–Kier alpha value is -1.00. The second-order valence-corrected chi connectivity index (χ2v) is 2.54. The van der Waals surface area contributed by atoms with Gasteiger partial charge in [0.05, 0.1) is 0 Å². The van der Waals surface area contributed by atoms with Crippen LogP contribution in [0.1, 0.15) is 13.3 Å². The molecule has 1 saturated carbocycles. The van der Waals surface area contributed by atoms with Crippen molar-refractivity contribution in [3.63, 3.8) is 0 Å². The average Bonchev–Trinajstić information content (AvgIpc) is 2.38. The number of nitrogens with one attached hydrogen (secondary N) is 2. The number of rotatable bonds is 1. The third-order valence-corrected chi connectivity index (χ3v) is 1.41. The van der Waals surface area contributed by atoms with Gasteiger partial charge in [-0.15, -0.1) is 0 Å². The van der Waals surface area contributed by atoms with Crippen LogP contribution in [0.3, 0.4) is 0 Å². The molecule has 0 amide bonds. The van der Waals surface area contributed by atoms with E-state index in [1.54, 1.807) is 0 Å². The van der Waals surface area contributed by atoms with E-state index in [9.17, 15) is 8.78 Å². The van der Waals surface area contributed by atoms with Crippen LogP contribution in [0, 0.1) is 16.7 Å². The summed E-state index contributed by atoms with van der Waals surface area (Å²) in [6, 6.07) is 0. The standard InChI is InChI=1S/C6H8F2N2O/c1-3(9)11-5(10)4-2-6(4,7)8/h4,9-10H,2H2,1H3. The van der Waals surface area contributed by atoms with Gasteiger partial charge >= 0.3 is 0 Å². The zero-order valence-corrected chi connectivity index (χ0v) is 5.95. The van der Waals surface area contributed by atoms with E-state index in [-0.39, 0.29) is 12.3 Å². The first-order valence-corrected chi connectivity index (χ1v) is 3.13. The van der Waals surface area contributed by atoms with Crippen molar-refractivity contribution < 1.29 is 13.5 Å². The first kappa shape index (κ1) is 8.10. The molecule has 2 N–H and O–H groups in total. The monoisotopic (exact) mass is 162 g/mol. The van der Waals surface area contributed by atoms with Gasteiger partial charge in [-0.2, -0.15) is 0 Å². The zero-order chi connectivity index (χ0) is 8.65. The molecule has 1 aliphatic rings. The normalized spacial score (nSPS) is 25.9. The van der Waals surface area contributed by atoms with Crippen LogP contribution in [-0.2, 0) is 4.74 Å². The Morgan fingerprint density at radius 2 is 2.00 bits per heavy atom. The smallest absolute Gasteiger partial charge is 0.260 e. The second kappa shape index (κ2) is 2.25. The van der Waals surface area contributed by atoms with Crippen LogP contribution in [0.25, 0.3) is 0 Å². The lowest BCUT2D eigenvalue weighted by molar-refractivity contribution is 0.107. The van der Waals surface area contributed by atoms with Crippen LogP contribution in [0.15, 0.2) is 0 Å². The summed E-state index contributed by atoms with van der Waals surface area (Å²) in [5.74, 6) is -4.59. The van der Waals surface area contributed by atoms with Gasteiger partial charge in [0.15, 0.2) is 11.8 Å². The van der Waals surface area contributed by atoms with E-state index in [2.05, 4.69) is 4.74 Å². The van der Waals surface area contributed by atoms with E-state index in [1.165, 1.54) is 6.92 Å². The minimum atomic E-state index is -2.77. The number of hydrogen-bond donors (Lipinski definition) is 2. The molecule has 1 rings (SSSR count). The fraction of sp³-hybridized carbons (Fsp3) is 0.667. The average molecular weight is 162 g/mol. The van der Waals surface area contributed by atoms with Gasteiger partial charge in [-0.25, -0.2) is 8.78 Å². The molecule has 0 aromatic heterocycles. The van der Waals surface area contributed by atoms with E-state index in [1.807, 2.05) is 0 Å². The molecule has 11 heavy (non-hydrogen) atoms. The third-order valence-electron chi connectivity index (χ3n) is 1.41. The summed E-state index contributed by atoms with van der Waals surface area (Å²) in [5, 5.41) is 13.7. The number of hydrogen-bond acceptors (Lipinski definition) is 3. The molecule has 5 heteroatoms. The van der Waals surface area contributed by atoms with Gasteiger partial charge < -0.3 is 4.74 Å². The Morgan fingerprint density at radius 3 is 2.27 bits per heavy atom. The van der Waals surface area contributed by atoms with Crippen molar-refractivity contribution in [2.75, 3.05) is 0 Å². The maximum atomic E-state index is 12.2. The van der Waals surface area contributed by atoms with Crippen LogP contribution < -0.4 is 0 Å². The molecule has 0 saturated heterocycles. The predicted molar refractivity (Wildman–Crippen MR) is 35.3 cm³/mol. The molecular weight excluding hydrogens is 154 g/mol. The quantitative estimate of drug-likeness (QED) is 0.446. The van der Waals surface area contributed by atoms with Crippen molar-refractivity contribution in [1.29, 1.82) is 10.8 Å². The highest BCUT2D eigenvalue weighted by molar-refractivity contribution is 5.90. The summed E-state index contributed by atoms with van der Waals surface area (Å²) in [6.45, 7) is 1.30. The zero-order valence-electron chi connectivity index (χ0n) is 5.95. The van der Waals surface area contributed by atoms with E-state index < -0.39 is 17.7 Å².